The van der Waals surface area contributed by atoms with Crippen molar-refractivity contribution in [2.75, 3.05) is 13.2 Å². The van der Waals surface area contributed by atoms with E-state index in [-0.39, 0.29) is 12.5 Å². The first kappa shape index (κ1) is 19.6. The molecular formula is C20H18BrN3O4. The molecule has 2 aromatic carbocycles. The molecule has 0 atom stereocenters. The van der Waals surface area contributed by atoms with Crippen molar-refractivity contribution in [2.24, 2.45) is 0 Å². The van der Waals surface area contributed by atoms with Gasteiger partial charge in [-0.3, -0.25) is 4.79 Å². The van der Waals surface area contributed by atoms with Crippen LogP contribution in [0.2, 0.25) is 0 Å². The van der Waals surface area contributed by atoms with E-state index >= 15 is 0 Å². The van der Waals surface area contributed by atoms with Crippen molar-refractivity contribution >= 4 is 27.8 Å². The van der Waals surface area contributed by atoms with Gasteiger partial charge in [0.25, 0.3) is 5.91 Å². The zero-order valence-electron chi connectivity index (χ0n) is 14.8. The highest BCUT2D eigenvalue weighted by atomic mass is 79.9. The Morgan fingerprint density at radius 2 is 1.82 bits per heavy atom. The molecule has 0 radical (unpaired) electrons. The lowest BCUT2D eigenvalue weighted by atomic mass is 10.1. The number of benzene rings is 2. The molecule has 144 valence electrons. The number of ether oxygens (including phenoxy) is 1. The minimum Gasteiger partial charge on any atom is -0.482 e. The van der Waals surface area contributed by atoms with Crippen LogP contribution in [0.15, 0.2) is 65.5 Å². The Labute approximate surface area is 170 Å². The molecule has 0 bridgehead atoms. The molecule has 7 nitrogen and oxygen atoms in total. The Kier molecular flexibility index (Phi) is 6.44. The van der Waals surface area contributed by atoms with Crippen LogP contribution in [0.1, 0.15) is 16.1 Å². The summed E-state index contributed by atoms with van der Waals surface area (Å²) in [4.78, 5) is 26.9. The van der Waals surface area contributed by atoms with Gasteiger partial charge in [-0.15, -0.1) is 0 Å². The second-order valence-corrected chi connectivity index (χ2v) is 6.89. The van der Waals surface area contributed by atoms with E-state index < -0.39 is 5.97 Å². The molecule has 1 amide bonds. The number of carbonyl (C=O) groups is 2. The van der Waals surface area contributed by atoms with Crippen molar-refractivity contribution < 1.29 is 19.4 Å². The van der Waals surface area contributed by atoms with Crippen LogP contribution in [0, 0.1) is 0 Å². The van der Waals surface area contributed by atoms with Gasteiger partial charge in [-0.05, 0) is 48.4 Å². The van der Waals surface area contributed by atoms with Gasteiger partial charge in [0.15, 0.2) is 6.61 Å². The third-order valence-corrected chi connectivity index (χ3v) is 4.45. The van der Waals surface area contributed by atoms with Crippen LogP contribution in [0.3, 0.4) is 0 Å². The van der Waals surface area contributed by atoms with Crippen LogP contribution in [0.4, 0.5) is 0 Å². The van der Waals surface area contributed by atoms with Gasteiger partial charge in [0.05, 0.1) is 0 Å². The standard InChI is InChI=1S/C20H18BrN3O4/c21-15-3-5-16(6-4-15)24-11-18(23-13-24)20(27)22-10-9-14-1-7-17(8-2-14)28-12-19(25)26/h1-8,11,13H,9-10,12H2,(H,22,27)(H,25,26). The molecule has 2 N–H and O–H groups in total. The number of amides is 1. The van der Waals surface area contributed by atoms with E-state index in [2.05, 4.69) is 26.2 Å². The fourth-order valence-electron chi connectivity index (χ4n) is 2.50. The summed E-state index contributed by atoms with van der Waals surface area (Å²) in [7, 11) is 0. The minimum atomic E-state index is -1.02. The quantitative estimate of drug-likeness (QED) is 0.557. The molecule has 0 fully saturated rings. The molecule has 0 aliphatic rings. The van der Waals surface area contributed by atoms with Crippen molar-refractivity contribution in [1.29, 1.82) is 0 Å². The summed E-state index contributed by atoms with van der Waals surface area (Å²) in [5.41, 5.74) is 2.27. The van der Waals surface area contributed by atoms with E-state index in [0.29, 0.717) is 24.4 Å². The van der Waals surface area contributed by atoms with Crippen LogP contribution in [0.5, 0.6) is 5.75 Å². The van der Waals surface area contributed by atoms with Crippen molar-refractivity contribution in [3.05, 3.63) is 76.8 Å². The fraction of sp³-hybridized carbons (Fsp3) is 0.150. The Balaban J connectivity index is 1.49. The summed E-state index contributed by atoms with van der Waals surface area (Å²) in [6.07, 6.45) is 3.93. The molecule has 0 spiro atoms. The molecule has 3 aromatic rings. The number of hydrogen-bond donors (Lipinski definition) is 2. The Morgan fingerprint density at radius 3 is 2.50 bits per heavy atom. The minimum absolute atomic E-state index is 0.239. The normalized spacial score (nSPS) is 10.5. The lowest BCUT2D eigenvalue weighted by molar-refractivity contribution is -0.139. The SMILES string of the molecule is O=C(O)COc1ccc(CCNC(=O)c2cn(-c3ccc(Br)cc3)cn2)cc1. The highest BCUT2D eigenvalue weighted by Gasteiger charge is 2.09. The monoisotopic (exact) mass is 443 g/mol. The number of imidazole rings is 1. The number of nitrogens with one attached hydrogen (secondary N) is 1. The molecule has 3 rings (SSSR count). The lowest BCUT2D eigenvalue weighted by Gasteiger charge is -2.06. The van der Waals surface area contributed by atoms with Gasteiger partial charge in [0, 0.05) is 22.9 Å². The smallest absolute Gasteiger partial charge is 0.341 e. The maximum Gasteiger partial charge on any atom is 0.341 e. The van der Waals surface area contributed by atoms with Gasteiger partial charge < -0.3 is 19.7 Å². The van der Waals surface area contributed by atoms with E-state index in [1.807, 2.05) is 36.4 Å². The Bertz CT molecular complexity index is 952. The van der Waals surface area contributed by atoms with Crippen LogP contribution in [-0.2, 0) is 11.2 Å². The number of halogens is 1. The van der Waals surface area contributed by atoms with Crippen molar-refractivity contribution in [2.45, 2.75) is 6.42 Å². The fourth-order valence-corrected chi connectivity index (χ4v) is 2.77. The first-order valence-corrected chi connectivity index (χ1v) is 9.32. The van der Waals surface area contributed by atoms with Crippen molar-refractivity contribution in [3.8, 4) is 11.4 Å². The molecule has 28 heavy (non-hydrogen) atoms. The van der Waals surface area contributed by atoms with Crippen LogP contribution < -0.4 is 10.1 Å². The largest absolute Gasteiger partial charge is 0.482 e. The van der Waals surface area contributed by atoms with Crippen molar-refractivity contribution in [1.82, 2.24) is 14.9 Å². The maximum atomic E-state index is 12.3. The molecule has 0 saturated heterocycles. The maximum absolute atomic E-state index is 12.3. The summed E-state index contributed by atoms with van der Waals surface area (Å²) >= 11 is 3.39. The second kappa shape index (κ2) is 9.18. The van der Waals surface area contributed by atoms with Gasteiger partial charge in [-0.2, -0.15) is 0 Å². The van der Waals surface area contributed by atoms with E-state index in [9.17, 15) is 9.59 Å². The number of nitrogens with zero attached hydrogens (tertiary/aromatic N) is 2. The zero-order valence-corrected chi connectivity index (χ0v) is 16.4. The summed E-state index contributed by atoms with van der Waals surface area (Å²) < 4.78 is 7.86. The van der Waals surface area contributed by atoms with Crippen molar-refractivity contribution in [3.63, 3.8) is 0 Å². The molecule has 0 saturated carbocycles. The molecule has 1 heterocycles. The molecule has 0 unspecified atom stereocenters. The summed E-state index contributed by atoms with van der Waals surface area (Å²) in [5, 5.41) is 11.4. The van der Waals surface area contributed by atoms with Gasteiger partial charge >= 0.3 is 5.97 Å². The van der Waals surface area contributed by atoms with Crippen LogP contribution in [0.25, 0.3) is 5.69 Å². The predicted octanol–water partition coefficient (Wildman–Crippen LogP) is 3.07. The number of hydrogen-bond acceptors (Lipinski definition) is 4. The lowest BCUT2D eigenvalue weighted by Crippen LogP contribution is -2.26. The molecule has 1 aromatic heterocycles. The van der Waals surface area contributed by atoms with E-state index in [0.717, 1.165) is 15.7 Å². The number of aliphatic carboxylic acids is 1. The van der Waals surface area contributed by atoms with Crippen LogP contribution >= 0.6 is 15.9 Å². The average Bonchev–Trinajstić information content (AvgIpc) is 3.18. The van der Waals surface area contributed by atoms with Gasteiger partial charge in [0.2, 0.25) is 0 Å². The van der Waals surface area contributed by atoms with Gasteiger partial charge in [-0.1, -0.05) is 28.1 Å². The second-order valence-electron chi connectivity index (χ2n) is 5.97. The first-order chi connectivity index (χ1) is 13.5. The zero-order chi connectivity index (χ0) is 19.9. The Morgan fingerprint density at radius 1 is 1.11 bits per heavy atom. The number of carboxylic acid groups (broad SMARTS) is 1. The number of carboxylic acids is 1. The summed E-state index contributed by atoms with van der Waals surface area (Å²) in [6, 6.07) is 14.8. The third-order valence-electron chi connectivity index (χ3n) is 3.92. The summed E-state index contributed by atoms with van der Waals surface area (Å²) in [5.74, 6) is -0.764. The molecule has 0 aliphatic heterocycles. The molecule has 8 heteroatoms. The Hall–Kier alpha value is -3.13. The highest BCUT2D eigenvalue weighted by molar-refractivity contribution is 9.10. The third kappa shape index (κ3) is 5.43. The topological polar surface area (TPSA) is 93.5 Å². The molecule has 0 aliphatic carbocycles. The first-order valence-electron chi connectivity index (χ1n) is 8.53. The van der Waals surface area contributed by atoms with E-state index in [1.54, 1.807) is 29.2 Å². The molecular weight excluding hydrogens is 426 g/mol. The van der Waals surface area contributed by atoms with Gasteiger partial charge in [0.1, 0.15) is 17.8 Å². The van der Waals surface area contributed by atoms with Crippen LogP contribution in [-0.4, -0.2) is 39.7 Å². The number of carbonyl (C=O) groups excluding carboxylic acids is 1. The van der Waals surface area contributed by atoms with Gasteiger partial charge in [-0.25, -0.2) is 9.78 Å². The number of aromatic nitrogens is 2. The van der Waals surface area contributed by atoms with E-state index in [1.165, 1.54) is 0 Å². The number of rotatable bonds is 8. The predicted molar refractivity (Wildman–Crippen MR) is 107 cm³/mol. The average molecular weight is 444 g/mol. The highest BCUT2D eigenvalue weighted by Crippen LogP contribution is 2.15. The van der Waals surface area contributed by atoms with E-state index in [4.69, 9.17) is 9.84 Å². The summed E-state index contributed by atoms with van der Waals surface area (Å²) in [6.45, 7) is 0.0849.